The van der Waals surface area contributed by atoms with Crippen molar-refractivity contribution >= 4 is 11.6 Å². The Morgan fingerprint density at radius 2 is 2.27 bits per heavy atom. The number of aliphatic hydroxyl groups excluding tert-OH is 1. The summed E-state index contributed by atoms with van der Waals surface area (Å²) in [5.41, 5.74) is 1.72. The summed E-state index contributed by atoms with van der Waals surface area (Å²) in [7, 11) is 0. The molecule has 0 radical (unpaired) electrons. The summed E-state index contributed by atoms with van der Waals surface area (Å²) in [4.78, 5) is 0. The quantitative estimate of drug-likeness (QED) is 0.782. The van der Waals surface area contributed by atoms with Gasteiger partial charge in [-0.05, 0) is 30.2 Å². The summed E-state index contributed by atoms with van der Waals surface area (Å²) in [6.07, 6.45) is 0.891. The molecule has 0 atom stereocenters. The highest BCUT2D eigenvalue weighted by Gasteiger charge is 2.03. The van der Waals surface area contributed by atoms with Crippen molar-refractivity contribution in [2.75, 3.05) is 6.61 Å². The number of benzene rings is 1. The molecule has 15 heavy (non-hydrogen) atoms. The van der Waals surface area contributed by atoms with Crippen molar-refractivity contribution < 1.29 is 9.84 Å². The fraction of sp³-hybridized carbons (Fsp3) is 0.333. The second kappa shape index (κ2) is 5.79. The molecule has 0 amide bonds. The predicted octanol–water partition coefficient (Wildman–Crippen LogP) is 3.18. The molecule has 0 saturated carbocycles. The van der Waals surface area contributed by atoms with Crippen LogP contribution in [-0.2, 0) is 6.61 Å². The standard InChI is InChI=1S/C12H15ClO2/c1-3-9(2)8-15-12-5-4-11(13)6-10(12)7-14/h4-6,14H,2-3,7-8H2,1H3. The van der Waals surface area contributed by atoms with Crippen molar-refractivity contribution in [1.82, 2.24) is 0 Å². The Morgan fingerprint density at radius 1 is 1.53 bits per heavy atom. The van der Waals surface area contributed by atoms with Gasteiger partial charge in [0.1, 0.15) is 12.4 Å². The van der Waals surface area contributed by atoms with Crippen molar-refractivity contribution in [3.63, 3.8) is 0 Å². The molecule has 1 aromatic carbocycles. The lowest BCUT2D eigenvalue weighted by Gasteiger charge is -2.10. The molecule has 0 fully saturated rings. The van der Waals surface area contributed by atoms with Crippen LogP contribution in [0.4, 0.5) is 0 Å². The molecule has 1 rings (SSSR count). The average Bonchev–Trinajstić information content (AvgIpc) is 2.26. The zero-order chi connectivity index (χ0) is 11.3. The molecule has 0 spiro atoms. The molecule has 1 N–H and O–H groups in total. The van der Waals surface area contributed by atoms with Crippen LogP contribution in [0.1, 0.15) is 18.9 Å². The Bertz CT molecular complexity index is 347. The molecule has 2 nitrogen and oxygen atoms in total. The maximum absolute atomic E-state index is 9.10. The molecule has 0 aromatic heterocycles. The van der Waals surface area contributed by atoms with E-state index >= 15 is 0 Å². The average molecular weight is 227 g/mol. The monoisotopic (exact) mass is 226 g/mol. The molecule has 0 unspecified atom stereocenters. The number of aliphatic hydroxyl groups is 1. The van der Waals surface area contributed by atoms with Gasteiger partial charge in [-0.25, -0.2) is 0 Å². The van der Waals surface area contributed by atoms with Crippen LogP contribution in [0.2, 0.25) is 5.02 Å². The zero-order valence-corrected chi connectivity index (χ0v) is 9.55. The Kier molecular flexibility index (Phi) is 4.66. The molecular formula is C12H15ClO2. The first kappa shape index (κ1) is 12.1. The minimum absolute atomic E-state index is 0.0749. The molecule has 0 aliphatic carbocycles. The minimum Gasteiger partial charge on any atom is -0.489 e. The van der Waals surface area contributed by atoms with Crippen LogP contribution in [0.5, 0.6) is 5.75 Å². The molecule has 3 heteroatoms. The summed E-state index contributed by atoms with van der Waals surface area (Å²) >= 11 is 5.80. The Labute approximate surface area is 95.1 Å². The van der Waals surface area contributed by atoms with Crippen LogP contribution in [0, 0.1) is 0 Å². The Balaban J connectivity index is 2.72. The third kappa shape index (κ3) is 3.57. The van der Waals surface area contributed by atoms with Gasteiger partial charge < -0.3 is 9.84 Å². The third-order valence-corrected chi connectivity index (χ3v) is 2.36. The fourth-order valence-corrected chi connectivity index (χ4v) is 1.29. The molecule has 0 bridgehead atoms. The minimum atomic E-state index is -0.0749. The summed E-state index contributed by atoms with van der Waals surface area (Å²) < 4.78 is 5.52. The molecular weight excluding hydrogens is 212 g/mol. The highest BCUT2D eigenvalue weighted by molar-refractivity contribution is 6.30. The Hall–Kier alpha value is -0.990. The van der Waals surface area contributed by atoms with Crippen LogP contribution in [-0.4, -0.2) is 11.7 Å². The first-order valence-corrected chi connectivity index (χ1v) is 5.24. The van der Waals surface area contributed by atoms with E-state index in [1.165, 1.54) is 0 Å². The first-order chi connectivity index (χ1) is 7.17. The second-order valence-corrected chi connectivity index (χ2v) is 3.74. The number of ether oxygens (including phenoxy) is 1. The SMILES string of the molecule is C=C(CC)COc1ccc(Cl)cc1CO. The van der Waals surface area contributed by atoms with Gasteiger partial charge in [-0.15, -0.1) is 0 Å². The predicted molar refractivity (Wildman–Crippen MR) is 62.3 cm³/mol. The van der Waals surface area contributed by atoms with E-state index < -0.39 is 0 Å². The van der Waals surface area contributed by atoms with Crippen molar-refractivity contribution in [2.24, 2.45) is 0 Å². The van der Waals surface area contributed by atoms with Gasteiger partial charge in [0.2, 0.25) is 0 Å². The molecule has 82 valence electrons. The lowest BCUT2D eigenvalue weighted by Crippen LogP contribution is -2.02. The van der Waals surface area contributed by atoms with Gasteiger partial charge in [-0.1, -0.05) is 25.1 Å². The van der Waals surface area contributed by atoms with E-state index in [2.05, 4.69) is 6.58 Å². The highest BCUT2D eigenvalue weighted by Crippen LogP contribution is 2.23. The number of hydrogen-bond acceptors (Lipinski definition) is 2. The fourth-order valence-electron chi connectivity index (χ4n) is 1.09. The first-order valence-electron chi connectivity index (χ1n) is 4.86. The largest absolute Gasteiger partial charge is 0.489 e. The maximum atomic E-state index is 9.10. The van der Waals surface area contributed by atoms with Crippen LogP contribution >= 0.6 is 11.6 Å². The van der Waals surface area contributed by atoms with Crippen molar-refractivity contribution in [3.8, 4) is 5.75 Å². The van der Waals surface area contributed by atoms with Gasteiger partial charge in [0, 0.05) is 10.6 Å². The summed E-state index contributed by atoms with van der Waals surface area (Å²) in [5, 5.41) is 9.70. The maximum Gasteiger partial charge on any atom is 0.125 e. The molecule has 0 aliphatic rings. The van der Waals surface area contributed by atoms with Crippen LogP contribution in [0.15, 0.2) is 30.4 Å². The van der Waals surface area contributed by atoms with E-state index in [-0.39, 0.29) is 6.61 Å². The van der Waals surface area contributed by atoms with E-state index in [4.69, 9.17) is 21.4 Å². The lowest BCUT2D eigenvalue weighted by atomic mass is 10.2. The van der Waals surface area contributed by atoms with E-state index in [0.29, 0.717) is 22.9 Å². The summed E-state index contributed by atoms with van der Waals surface area (Å²) in [6.45, 7) is 6.28. The van der Waals surface area contributed by atoms with Gasteiger partial charge in [-0.3, -0.25) is 0 Å². The number of halogens is 1. The van der Waals surface area contributed by atoms with E-state index in [9.17, 15) is 0 Å². The van der Waals surface area contributed by atoms with Crippen LogP contribution in [0.25, 0.3) is 0 Å². The topological polar surface area (TPSA) is 29.5 Å². The molecule has 1 aromatic rings. The van der Waals surface area contributed by atoms with Gasteiger partial charge in [0.25, 0.3) is 0 Å². The molecule has 0 aliphatic heterocycles. The van der Waals surface area contributed by atoms with Crippen molar-refractivity contribution in [3.05, 3.63) is 40.9 Å². The summed E-state index contributed by atoms with van der Waals surface area (Å²) in [5.74, 6) is 0.663. The van der Waals surface area contributed by atoms with Crippen molar-refractivity contribution in [2.45, 2.75) is 20.0 Å². The Morgan fingerprint density at radius 3 is 2.87 bits per heavy atom. The van der Waals surface area contributed by atoms with E-state index in [1.807, 2.05) is 6.92 Å². The van der Waals surface area contributed by atoms with Crippen LogP contribution < -0.4 is 4.74 Å². The van der Waals surface area contributed by atoms with E-state index in [0.717, 1.165) is 12.0 Å². The lowest BCUT2D eigenvalue weighted by molar-refractivity contribution is 0.268. The second-order valence-electron chi connectivity index (χ2n) is 3.30. The van der Waals surface area contributed by atoms with Gasteiger partial charge >= 0.3 is 0 Å². The number of hydrogen-bond donors (Lipinski definition) is 1. The van der Waals surface area contributed by atoms with Crippen molar-refractivity contribution in [1.29, 1.82) is 0 Å². The third-order valence-electron chi connectivity index (χ3n) is 2.12. The molecule has 0 heterocycles. The van der Waals surface area contributed by atoms with E-state index in [1.54, 1.807) is 18.2 Å². The van der Waals surface area contributed by atoms with Gasteiger partial charge in [0.15, 0.2) is 0 Å². The smallest absolute Gasteiger partial charge is 0.125 e. The molecule has 0 saturated heterocycles. The summed E-state index contributed by atoms with van der Waals surface area (Å²) in [6, 6.07) is 5.20. The van der Waals surface area contributed by atoms with Crippen LogP contribution in [0.3, 0.4) is 0 Å². The highest BCUT2D eigenvalue weighted by atomic mass is 35.5. The number of rotatable bonds is 5. The normalized spacial score (nSPS) is 10.1. The van der Waals surface area contributed by atoms with Gasteiger partial charge in [-0.2, -0.15) is 0 Å². The zero-order valence-electron chi connectivity index (χ0n) is 8.79. The van der Waals surface area contributed by atoms with Gasteiger partial charge in [0.05, 0.1) is 6.61 Å².